The van der Waals surface area contributed by atoms with Crippen LogP contribution in [-0.2, 0) is 7.05 Å². The summed E-state index contributed by atoms with van der Waals surface area (Å²) in [5.74, 6) is -2.18. The van der Waals surface area contributed by atoms with Gasteiger partial charge in [-0.3, -0.25) is 0 Å². The summed E-state index contributed by atoms with van der Waals surface area (Å²) in [7, 11) is 1.60. The average molecular weight is 387 g/mol. The Labute approximate surface area is 221 Å². The number of carboxylic acid groups (broad SMARTS) is 2. The van der Waals surface area contributed by atoms with Gasteiger partial charge in [0.15, 0.2) is 11.6 Å². The summed E-state index contributed by atoms with van der Waals surface area (Å²) in [5.41, 5.74) is 0.570. The van der Waals surface area contributed by atoms with Crippen molar-refractivity contribution in [3.05, 3.63) is 41.1 Å². The van der Waals surface area contributed by atoms with Crippen LogP contribution in [0.4, 0.5) is 13.6 Å². The first-order chi connectivity index (χ1) is 10.2. The molecule has 0 saturated heterocycles. The number of aromatic nitrogens is 2. The Morgan fingerprint density at radius 2 is 1.71 bits per heavy atom. The van der Waals surface area contributed by atoms with E-state index in [1.54, 1.807) is 26.1 Å². The van der Waals surface area contributed by atoms with E-state index in [-0.39, 0.29) is 114 Å². The van der Waals surface area contributed by atoms with E-state index < -0.39 is 23.5 Å². The molecule has 0 fully saturated rings. The molecule has 1 aromatic heterocycles. The Bertz CT molecular complexity index is 720. The van der Waals surface area contributed by atoms with E-state index in [1.165, 1.54) is 4.68 Å². The molecule has 0 unspecified atom stereocenters. The van der Waals surface area contributed by atoms with Gasteiger partial charge in [0.05, 0.1) is 17.3 Å². The second kappa shape index (κ2) is 12.5. The van der Waals surface area contributed by atoms with Crippen molar-refractivity contribution in [2.24, 2.45) is 7.05 Å². The quantitative estimate of drug-likeness (QED) is 0.475. The van der Waals surface area contributed by atoms with Gasteiger partial charge in [0.1, 0.15) is 0 Å². The van der Waals surface area contributed by atoms with Gasteiger partial charge in [0, 0.05) is 13.1 Å². The Morgan fingerprint density at radius 3 is 2.04 bits per heavy atom. The topological polar surface area (TPSA) is 114 Å². The van der Waals surface area contributed by atoms with Crippen molar-refractivity contribution in [1.29, 1.82) is 5.26 Å². The van der Waals surface area contributed by atoms with Crippen LogP contribution in [0.2, 0.25) is 0 Å². The molecular weight excluding hydrogens is 378 g/mol. The molecular formula is C13H9F2K2N3O4. The fraction of sp³-hybridized carbons (Fsp3) is 0.154. The number of carbonyl (C=O) groups excluding carboxylic acids is 1. The van der Waals surface area contributed by atoms with Gasteiger partial charge in [-0.25, -0.2) is 13.5 Å². The Hall–Kier alpha value is 0.123. The van der Waals surface area contributed by atoms with Crippen LogP contribution in [-0.4, -0.2) is 15.9 Å². The third-order valence-corrected chi connectivity index (χ3v) is 2.29. The molecule has 0 radical (unpaired) electrons. The predicted octanol–water partition coefficient (Wildman–Crippen LogP) is -5.77. The molecule has 1 heterocycles. The van der Waals surface area contributed by atoms with Crippen molar-refractivity contribution >= 4 is 6.16 Å². The average Bonchev–Trinajstić information content (AvgIpc) is 2.71. The van der Waals surface area contributed by atoms with Gasteiger partial charge >= 0.3 is 103 Å². The summed E-state index contributed by atoms with van der Waals surface area (Å²) in [4.78, 5) is 8.33. The van der Waals surface area contributed by atoms with Crippen LogP contribution < -0.4 is 118 Å². The van der Waals surface area contributed by atoms with Crippen LogP contribution in [0.15, 0.2) is 18.2 Å². The maximum Gasteiger partial charge on any atom is 1.00 e. The van der Waals surface area contributed by atoms with E-state index in [4.69, 9.17) is 25.0 Å². The first-order valence-electron chi connectivity index (χ1n) is 5.70. The molecule has 24 heavy (non-hydrogen) atoms. The van der Waals surface area contributed by atoms with Crippen molar-refractivity contribution in [3.63, 3.8) is 0 Å². The standard InChI is InChI=1S/C12H9F2N3O.CH2O3.2K/c1-7-3-11(17(2)16-7)18-12-9(13)4-8(6-15)5-10(12)14;2-1(3)4;;/h3-5H,1-2H3;(H2,2,3,4);;/q;;2*+1/p-2. The minimum atomic E-state index is -2.33. The molecule has 1 aromatic carbocycles. The molecule has 0 amide bonds. The monoisotopic (exact) mass is 387 g/mol. The van der Waals surface area contributed by atoms with E-state index in [9.17, 15) is 8.78 Å². The molecule has 2 aromatic rings. The van der Waals surface area contributed by atoms with E-state index in [1.807, 2.05) is 0 Å². The summed E-state index contributed by atoms with van der Waals surface area (Å²) in [6.45, 7) is 1.73. The van der Waals surface area contributed by atoms with Crippen LogP contribution in [0, 0.1) is 29.9 Å². The fourth-order valence-electron chi connectivity index (χ4n) is 1.51. The summed E-state index contributed by atoms with van der Waals surface area (Å²) < 4.78 is 33.7. The van der Waals surface area contributed by atoms with E-state index >= 15 is 0 Å². The summed E-state index contributed by atoms with van der Waals surface area (Å²) in [5, 5.41) is 29.2. The largest absolute Gasteiger partial charge is 1.00 e. The number of carbonyl (C=O) groups is 1. The smallest absolute Gasteiger partial charge is 0.652 e. The normalized spacial score (nSPS) is 8.62. The number of nitrogens with zero attached hydrogens (tertiary/aromatic N) is 3. The molecule has 7 nitrogen and oxygen atoms in total. The third-order valence-electron chi connectivity index (χ3n) is 2.29. The molecule has 0 saturated carbocycles. The second-order valence-corrected chi connectivity index (χ2v) is 3.98. The molecule has 2 rings (SSSR count). The van der Waals surface area contributed by atoms with Gasteiger partial charge < -0.3 is 19.7 Å². The first kappa shape index (κ1) is 26.4. The zero-order valence-electron chi connectivity index (χ0n) is 13.5. The van der Waals surface area contributed by atoms with Crippen LogP contribution in [0.25, 0.3) is 0 Å². The Morgan fingerprint density at radius 1 is 1.25 bits per heavy atom. The number of ether oxygens (including phenoxy) is 1. The van der Waals surface area contributed by atoms with Crippen LogP contribution in [0.3, 0.4) is 0 Å². The SMILES string of the molecule is Cc1cc(Oc2c(F)cc(C#N)cc2F)n(C)n1.O=C([O-])[O-].[K+].[K+]. The molecule has 116 valence electrons. The maximum atomic E-state index is 13.6. The van der Waals surface area contributed by atoms with Crippen molar-refractivity contribution in [2.45, 2.75) is 6.92 Å². The number of hydrogen-bond donors (Lipinski definition) is 0. The molecule has 0 aliphatic heterocycles. The number of benzene rings is 1. The van der Waals surface area contributed by atoms with Crippen LogP contribution >= 0.6 is 0 Å². The zero-order chi connectivity index (χ0) is 16.9. The Kier molecular flexibility index (Phi) is 13.7. The van der Waals surface area contributed by atoms with Crippen molar-refractivity contribution in [2.75, 3.05) is 0 Å². The van der Waals surface area contributed by atoms with Gasteiger partial charge in [0.25, 0.3) is 0 Å². The molecule has 0 N–H and O–H groups in total. The molecule has 0 atom stereocenters. The number of aryl methyl sites for hydroxylation is 2. The summed E-state index contributed by atoms with van der Waals surface area (Å²) in [6.07, 6.45) is -2.33. The van der Waals surface area contributed by atoms with E-state index in [0.717, 1.165) is 12.1 Å². The molecule has 0 spiro atoms. The van der Waals surface area contributed by atoms with Crippen molar-refractivity contribution < 1.29 is 131 Å². The number of hydrogen-bond acceptors (Lipinski definition) is 6. The molecule has 0 aliphatic carbocycles. The molecule has 0 aliphatic rings. The van der Waals surface area contributed by atoms with Crippen molar-refractivity contribution in [3.8, 4) is 17.7 Å². The third kappa shape index (κ3) is 8.48. The van der Waals surface area contributed by atoms with E-state index in [2.05, 4.69) is 5.10 Å². The van der Waals surface area contributed by atoms with Gasteiger partial charge in [-0.1, -0.05) is 0 Å². The van der Waals surface area contributed by atoms with Crippen molar-refractivity contribution in [1.82, 2.24) is 9.78 Å². The fourth-order valence-corrected chi connectivity index (χ4v) is 1.51. The maximum absolute atomic E-state index is 13.6. The van der Waals surface area contributed by atoms with Crippen LogP contribution in [0.1, 0.15) is 11.3 Å². The molecule has 11 heteroatoms. The minimum absolute atomic E-state index is 0. The first-order valence-corrected chi connectivity index (χ1v) is 5.70. The number of nitriles is 1. The second-order valence-electron chi connectivity index (χ2n) is 3.98. The predicted molar refractivity (Wildman–Crippen MR) is 64.5 cm³/mol. The van der Waals surface area contributed by atoms with Gasteiger partial charge in [-0.15, -0.1) is 0 Å². The van der Waals surface area contributed by atoms with E-state index in [0.29, 0.717) is 5.69 Å². The Balaban J connectivity index is 0. The summed E-state index contributed by atoms with van der Waals surface area (Å²) >= 11 is 0. The van der Waals surface area contributed by atoms with Crippen LogP contribution in [0.5, 0.6) is 11.6 Å². The minimum Gasteiger partial charge on any atom is -0.652 e. The van der Waals surface area contributed by atoms with Gasteiger partial charge in [-0.05, 0) is 25.2 Å². The number of rotatable bonds is 2. The number of halogens is 2. The van der Waals surface area contributed by atoms with Gasteiger partial charge in [0.2, 0.25) is 11.6 Å². The van der Waals surface area contributed by atoms with Gasteiger partial charge in [-0.2, -0.15) is 10.4 Å². The zero-order valence-corrected chi connectivity index (χ0v) is 19.7. The summed E-state index contributed by atoms with van der Waals surface area (Å²) in [6, 6.07) is 5.05. The molecule has 0 bridgehead atoms.